The zero-order valence-electron chi connectivity index (χ0n) is 8.58. The minimum absolute atomic E-state index is 0.250. The lowest BCUT2D eigenvalue weighted by Crippen LogP contribution is -1.89. The largest absolute Gasteiger partial charge is 0.397 e. The highest BCUT2D eigenvalue weighted by molar-refractivity contribution is 7.79. The van der Waals surface area contributed by atoms with Crippen LogP contribution in [-0.2, 0) is 10.4 Å². The van der Waals surface area contributed by atoms with Gasteiger partial charge in [0, 0.05) is 12.2 Å². The van der Waals surface area contributed by atoms with E-state index in [0.717, 1.165) is 16.9 Å². The van der Waals surface area contributed by atoms with E-state index in [1.54, 1.807) is 6.92 Å². The molecule has 0 saturated heterocycles. The molecule has 7 N–H and O–H groups in total. The van der Waals surface area contributed by atoms with Crippen molar-refractivity contribution in [3.8, 4) is 11.1 Å². The summed E-state index contributed by atoms with van der Waals surface area (Å²) in [4.78, 5) is 0. The average molecular weight is 250 g/mol. The van der Waals surface area contributed by atoms with Crippen molar-refractivity contribution in [1.29, 1.82) is 0 Å². The fourth-order valence-corrected chi connectivity index (χ4v) is 0.873. The molecule has 0 fully saturated rings. The number of aliphatic hydroxyl groups is 1. The molecule has 2 rings (SSSR count). The Hall–Kier alpha value is -1.35. The molecule has 16 heavy (non-hydrogen) atoms. The van der Waals surface area contributed by atoms with Crippen LogP contribution in [0.15, 0.2) is 12.1 Å². The molecule has 0 saturated carbocycles. The van der Waals surface area contributed by atoms with Crippen LogP contribution in [0, 0.1) is 0 Å². The van der Waals surface area contributed by atoms with E-state index >= 15 is 0 Å². The number of benzene rings is 1. The second-order valence-electron chi connectivity index (χ2n) is 2.79. The van der Waals surface area contributed by atoms with Gasteiger partial charge in [-0.2, -0.15) is 8.42 Å². The summed E-state index contributed by atoms with van der Waals surface area (Å²) in [7, 11) is -4.67. The summed E-state index contributed by atoms with van der Waals surface area (Å²) in [5.74, 6) is 0. The van der Waals surface area contributed by atoms with Crippen molar-refractivity contribution in [1.82, 2.24) is 0 Å². The number of anilines is 2. The van der Waals surface area contributed by atoms with Crippen LogP contribution in [-0.4, -0.2) is 29.2 Å². The number of fused-ring (bicyclic) bond motifs is 1. The highest BCUT2D eigenvalue weighted by Gasteiger charge is 2.18. The van der Waals surface area contributed by atoms with Crippen molar-refractivity contribution in [2.45, 2.75) is 6.92 Å². The Labute approximate surface area is 93.3 Å². The first kappa shape index (κ1) is 14.6. The van der Waals surface area contributed by atoms with E-state index in [0.29, 0.717) is 0 Å². The zero-order chi connectivity index (χ0) is 12.9. The molecule has 2 aliphatic carbocycles. The summed E-state index contributed by atoms with van der Waals surface area (Å²) < 4.78 is 31.6. The second-order valence-corrected chi connectivity index (χ2v) is 3.69. The topological polar surface area (TPSA) is 147 Å². The first-order chi connectivity index (χ1) is 7.20. The number of hydrogen-bond acceptors (Lipinski definition) is 5. The molecule has 0 radical (unpaired) electrons. The molecule has 0 aliphatic heterocycles. The Bertz CT molecular complexity index is 450. The summed E-state index contributed by atoms with van der Waals surface area (Å²) in [6, 6.07) is 3.91. The van der Waals surface area contributed by atoms with Gasteiger partial charge in [-0.25, -0.2) is 0 Å². The molecular formula is C8H14N2O5S. The maximum Gasteiger partial charge on any atom is 0.394 e. The maximum atomic E-state index is 8.74. The summed E-state index contributed by atoms with van der Waals surface area (Å²) in [6.45, 7) is 1.93. The minimum atomic E-state index is -4.67. The quantitative estimate of drug-likeness (QED) is 0.331. The average Bonchev–Trinajstić information content (AvgIpc) is 2.75. The fraction of sp³-hybridized carbons (Fsp3) is 0.250. The Kier molecular flexibility index (Phi) is 5.18. The SMILES string of the molecule is CCO.Nc1cc2cc-2c1N.O=S(=O)(O)O. The van der Waals surface area contributed by atoms with Gasteiger partial charge in [0.15, 0.2) is 0 Å². The minimum Gasteiger partial charge on any atom is -0.397 e. The third-order valence-electron chi connectivity index (χ3n) is 1.44. The lowest BCUT2D eigenvalue weighted by atomic mass is 10.4. The van der Waals surface area contributed by atoms with E-state index in [1.807, 2.05) is 12.1 Å². The summed E-state index contributed by atoms with van der Waals surface area (Å²) in [5.41, 5.74) is 14.8. The third-order valence-corrected chi connectivity index (χ3v) is 1.44. The van der Waals surface area contributed by atoms with Gasteiger partial charge in [-0.1, -0.05) is 0 Å². The third kappa shape index (κ3) is 6.19. The standard InChI is InChI=1S/C6H6N2.C2H6O.H2O4S/c7-5-2-3-1-4(3)6(5)8;1-2-3;1-5(2,3)4/h1-2H,7-8H2;3H,2H2,1H3;(H2,1,2,3,4). The number of hydrogen-bond donors (Lipinski definition) is 5. The fourth-order valence-electron chi connectivity index (χ4n) is 0.873. The monoisotopic (exact) mass is 250 g/mol. The second kappa shape index (κ2) is 5.66. The lowest BCUT2D eigenvalue weighted by molar-refractivity contribution is 0.318. The molecule has 0 aromatic carbocycles. The molecule has 0 aromatic rings. The van der Waals surface area contributed by atoms with E-state index in [2.05, 4.69) is 0 Å². The number of nitrogen functional groups attached to an aromatic ring is 2. The number of rotatable bonds is 0. The molecule has 0 amide bonds. The van der Waals surface area contributed by atoms with Crippen molar-refractivity contribution >= 4 is 21.8 Å². The Morgan fingerprint density at radius 3 is 1.75 bits per heavy atom. The van der Waals surface area contributed by atoms with Gasteiger partial charge in [-0.3, -0.25) is 9.11 Å². The Balaban J connectivity index is 0.000000246. The van der Waals surface area contributed by atoms with E-state index in [1.165, 1.54) is 5.56 Å². The summed E-state index contributed by atoms with van der Waals surface area (Å²) in [6.07, 6.45) is 0. The molecule has 0 unspecified atom stereocenters. The van der Waals surface area contributed by atoms with Crippen LogP contribution in [0.1, 0.15) is 6.92 Å². The van der Waals surface area contributed by atoms with Crippen LogP contribution in [0.2, 0.25) is 0 Å². The molecule has 7 nitrogen and oxygen atoms in total. The lowest BCUT2D eigenvalue weighted by Gasteiger charge is -1.85. The van der Waals surface area contributed by atoms with E-state index in [4.69, 9.17) is 34.1 Å². The Morgan fingerprint density at radius 2 is 1.62 bits per heavy atom. The van der Waals surface area contributed by atoms with Gasteiger partial charge >= 0.3 is 10.4 Å². The van der Waals surface area contributed by atoms with Crippen molar-refractivity contribution in [3.63, 3.8) is 0 Å². The van der Waals surface area contributed by atoms with Gasteiger partial charge in [0.1, 0.15) is 0 Å². The summed E-state index contributed by atoms with van der Waals surface area (Å²) in [5, 5.41) is 7.57. The smallest absolute Gasteiger partial charge is 0.394 e. The van der Waals surface area contributed by atoms with Crippen molar-refractivity contribution < 1.29 is 22.6 Å². The van der Waals surface area contributed by atoms with Crippen molar-refractivity contribution in [2.75, 3.05) is 18.1 Å². The van der Waals surface area contributed by atoms with E-state index in [9.17, 15) is 0 Å². The normalized spacial score (nSPS) is 10.5. The van der Waals surface area contributed by atoms with Gasteiger partial charge < -0.3 is 16.6 Å². The van der Waals surface area contributed by atoms with Gasteiger partial charge in [0.05, 0.1) is 11.4 Å². The van der Waals surface area contributed by atoms with Gasteiger partial charge in [0.2, 0.25) is 0 Å². The predicted molar refractivity (Wildman–Crippen MR) is 61.2 cm³/mol. The molecule has 0 spiro atoms. The molecule has 92 valence electrons. The van der Waals surface area contributed by atoms with Crippen LogP contribution in [0.3, 0.4) is 0 Å². The van der Waals surface area contributed by atoms with Crippen molar-refractivity contribution in [3.05, 3.63) is 12.1 Å². The molecule has 8 heteroatoms. The molecule has 0 bridgehead atoms. The first-order valence-corrected chi connectivity index (χ1v) is 5.60. The predicted octanol–water partition coefficient (Wildman–Crippen LogP) is 0.177. The van der Waals surface area contributed by atoms with E-state index in [-0.39, 0.29) is 6.61 Å². The van der Waals surface area contributed by atoms with E-state index < -0.39 is 10.4 Å². The molecule has 2 aliphatic rings. The number of nitrogens with two attached hydrogens (primary N) is 2. The highest BCUT2D eigenvalue weighted by Crippen LogP contribution is 2.44. The highest BCUT2D eigenvalue weighted by atomic mass is 32.3. The molecule has 0 aromatic heterocycles. The van der Waals surface area contributed by atoms with Crippen LogP contribution in [0.25, 0.3) is 11.1 Å². The van der Waals surface area contributed by atoms with Crippen LogP contribution >= 0.6 is 0 Å². The maximum absolute atomic E-state index is 8.74. The number of aliphatic hydroxyl groups excluding tert-OH is 1. The van der Waals surface area contributed by atoms with Crippen molar-refractivity contribution in [2.24, 2.45) is 0 Å². The van der Waals surface area contributed by atoms with Crippen LogP contribution < -0.4 is 11.5 Å². The van der Waals surface area contributed by atoms with Gasteiger partial charge in [-0.05, 0) is 24.6 Å². The van der Waals surface area contributed by atoms with Gasteiger partial charge in [-0.15, -0.1) is 0 Å². The zero-order valence-corrected chi connectivity index (χ0v) is 9.40. The van der Waals surface area contributed by atoms with Crippen LogP contribution in [0.4, 0.5) is 11.4 Å². The summed E-state index contributed by atoms with van der Waals surface area (Å²) >= 11 is 0. The van der Waals surface area contributed by atoms with Crippen LogP contribution in [0.5, 0.6) is 0 Å². The molecule has 0 heterocycles. The Morgan fingerprint density at radius 1 is 1.25 bits per heavy atom. The van der Waals surface area contributed by atoms with Gasteiger partial charge in [0.25, 0.3) is 0 Å². The molecular weight excluding hydrogens is 236 g/mol. The first-order valence-electron chi connectivity index (χ1n) is 4.20. The molecule has 0 atom stereocenters.